The number of aryl methyl sites for hydroxylation is 2. The summed E-state index contributed by atoms with van der Waals surface area (Å²) in [5.41, 5.74) is 1.68. The average molecular weight is 462 g/mol. The lowest BCUT2D eigenvalue weighted by molar-refractivity contribution is -0.115. The van der Waals surface area contributed by atoms with Gasteiger partial charge in [0.25, 0.3) is 0 Å². The normalized spacial score (nSPS) is 15.2. The topological polar surface area (TPSA) is 102 Å². The first-order valence-corrected chi connectivity index (χ1v) is 12.1. The Labute approximate surface area is 184 Å². The number of nitrogens with zero attached hydrogens (tertiary/aromatic N) is 2. The third kappa shape index (κ3) is 4.87. The van der Waals surface area contributed by atoms with Gasteiger partial charge < -0.3 is 14.5 Å². The molecule has 0 atom stereocenters. The molecule has 3 aromatic rings. The summed E-state index contributed by atoms with van der Waals surface area (Å²) < 4.78 is 38.3. The van der Waals surface area contributed by atoms with Gasteiger partial charge in [-0.15, -0.1) is 11.3 Å². The molecule has 10 heteroatoms. The molecule has 1 aliphatic heterocycles. The van der Waals surface area contributed by atoms with Crippen LogP contribution < -0.4 is 5.32 Å². The molecular formula is C21H23N3O5S2. The van der Waals surface area contributed by atoms with Crippen LogP contribution in [0.3, 0.4) is 0 Å². The standard InChI is InChI=1S/C21H23N3O5S2/c1-14-3-5-16(11-19(14)31(26,27)24-7-9-28-10-8-24)22-20(25)12-17-13-30-21(23-17)18-6-4-15(2)29-18/h3-6,11,13H,7-10,12H2,1-2H3,(H,22,25). The maximum atomic E-state index is 13.0. The Balaban J connectivity index is 1.46. The molecule has 1 amide bonds. The number of nitrogens with one attached hydrogen (secondary N) is 1. The van der Waals surface area contributed by atoms with E-state index in [1.165, 1.54) is 21.7 Å². The second-order valence-corrected chi connectivity index (χ2v) is 10.0. The number of aromatic nitrogens is 1. The number of ether oxygens (including phenoxy) is 1. The number of sulfonamides is 1. The van der Waals surface area contributed by atoms with Crippen LogP contribution in [0.5, 0.6) is 0 Å². The number of carbonyl (C=O) groups excluding carboxylic acids is 1. The minimum absolute atomic E-state index is 0.0790. The van der Waals surface area contributed by atoms with Gasteiger partial charge in [-0.25, -0.2) is 13.4 Å². The highest BCUT2D eigenvalue weighted by Crippen LogP contribution is 2.27. The van der Waals surface area contributed by atoms with Crippen molar-refractivity contribution in [1.29, 1.82) is 0 Å². The van der Waals surface area contributed by atoms with E-state index >= 15 is 0 Å². The van der Waals surface area contributed by atoms with Crippen LogP contribution in [-0.2, 0) is 26.0 Å². The number of hydrogen-bond acceptors (Lipinski definition) is 7. The summed E-state index contributed by atoms with van der Waals surface area (Å²) >= 11 is 1.41. The Morgan fingerprint density at radius 2 is 1.97 bits per heavy atom. The third-order valence-corrected chi connectivity index (χ3v) is 7.85. The summed E-state index contributed by atoms with van der Waals surface area (Å²) in [6, 6.07) is 8.62. The molecule has 0 spiro atoms. The molecule has 1 aromatic carbocycles. The summed E-state index contributed by atoms with van der Waals surface area (Å²) in [7, 11) is -3.65. The van der Waals surface area contributed by atoms with Crippen molar-refractivity contribution in [3.8, 4) is 10.8 Å². The highest BCUT2D eigenvalue weighted by molar-refractivity contribution is 7.89. The van der Waals surface area contributed by atoms with Gasteiger partial charge in [0.05, 0.1) is 30.2 Å². The van der Waals surface area contributed by atoms with E-state index in [2.05, 4.69) is 10.3 Å². The Kier molecular flexibility index (Phi) is 6.24. The highest BCUT2D eigenvalue weighted by atomic mass is 32.2. The van der Waals surface area contributed by atoms with Crippen LogP contribution in [0.1, 0.15) is 17.0 Å². The number of anilines is 1. The molecule has 1 N–H and O–H groups in total. The zero-order valence-electron chi connectivity index (χ0n) is 17.3. The van der Waals surface area contributed by atoms with Gasteiger partial charge in [0, 0.05) is 24.2 Å². The Bertz CT molecular complexity index is 1190. The fourth-order valence-corrected chi connectivity index (χ4v) is 5.74. The van der Waals surface area contributed by atoms with E-state index in [-0.39, 0.29) is 17.2 Å². The summed E-state index contributed by atoms with van der Waals surface area (Å²) in [5, 5.41) is 5.31. The number of morpholine rings is 1. The predicted octanol–water partition coefficient (Wildman–Crippen LogP) is 3.22. The second-order valence-electron chi connectivity index (χ2n) is 7.28. The van der Waals surface area contributed by atoms with Crippen molar-refractivity contribution in [2.24, 2.45) is 0 Å². The molecule has 164 valence electrons. The van der Waals surface area contributed by atoms with Crippen LogP contribution in [0.25, 0.3) is 10.8 Å². The molecule has 8 nitrogen and oxygen atoms in total. The molecule has 4 rings (SSSR count). The monoisotopic (exact) mass is 461 g/mol. The lowest BCUT2D eigenvalue weighted by Crippen LogP contribution is -2.40. The summed E-state index contributed by atoms with van der Waals surface area (Å²) in [5.74, 6) is 1.20. The summed E-state index contributed by atoms with van der Waals surface area (Å²) in [6.07, 6.45) is 0.0790. The Morgan fingerprint density at radius 1 is 1.19 bits per heavy atom. The molecule has 2 aromatic heterocycles. The van der Waals surface area contributed by atoms with E-state index in [4.69, 9.17) is 9.15 Å². The molecule has 31 heavy (non-hydrogen) atoms. The van der Waals surface area contributed by atoms with Gasteiger partial charge in [-0.1, -0.05) is 6.07 Å². The van der Waals surface area contributed by atoms with Gasteiger partial charge in [-0.3, -0.25) is 4.79 Å². The van der Waals surface area contributed by atoms with Crippen molar-refractivity contribution in [2.75, 3.05) is 31.6 Å². The molecule has 0 aliphatic carbocycles. The molecule has 1 fully saturated rings. The van der Waals surface area contributed by atoms with Crippen LogP contribution >= 0.6 is 11.3 Å². The van der Waals surface area contributed by atoms with Crippen molar-refractivity contribution in [2.45, 2.75) is 25.2 Å². The number of amides is 1. The van der Waals surface area contributed by atoms with Gasteiger partial charge >= 0.3 is 0 Å². The van der Waals surface area contributed by atoms with Crippen LogP contribution in [0, 0.1) is 13.8 Å². The van der Waals surface area contributed by atoms with Crippen LogP contribution in [0.2, 0.25) is 0 Å². The molecule has 3 heterocycles. The van der Waals surface area contributed by atoms with Gasteiger partial charge in [-0.2, -0.15) is 4.31 Å². The lowest BCUT2D eigenvalue weighted by atomic mass is 10.2. The quantitative estimate of drug-likeness (QED) is 0.605. The fourth-order valence-electron chi connectivity index (χ4n) is 3.30. The molecule has 1 saturated heterocycles. The zero-order valence-corrected chi connectivity index (χ0v) is 18.9. The van der Waals surface area contributed by atoms with Gasteiger partial charge in [0.2, 0.25) is 15.9 Å². The van der Waals surface area contributed by atoms with Crippen LogP contribution in [0.15, 0.2) is 45.0 Å². The first-order valence-electron chi connectivity index (χ1n) is 9.82. The van der Waals surface area contributed by atoms with Crippen molar-refractivity contribution in [3.63, 3.8) is 0 Å². The predicted molar refractivity (Wildman–Crippen MR) is 118 cm³/mol. The molecule has 0 saturated carbocycles. The first-order chi connectivity index (χ1) is 14.8. The fraction of sp³-hybridized carbons (Fsp3) is 0.333. The van der Waals surface area contributed by atoms with Crippen molar-refractivity contribution < 1.29 is 22.4 Å². The number of furan rings is 1. The average Bonchev–Trinajstić information content (AvgIpc) is 3.39. The third-order valence-electron chi connectivity index (χ3n) is 4.90. The molecule has 0 radical (unpaired) electrons. The maximum Gasteiger partial charge on any atom is 0.243 e. The lowest BCUT2D eigenvalue weighted by Gasteiger charge is -2.26. The van der Waals surface area contributed by atoms with Crippen molar-refractivity contribution >= 4 is 33.0 Å². The van der Waals surface area contributed by atoms with Crippen molar-refractivity contribution in [1.82, 2.24) is 9.29 Å². The highest BCUT2D eigenvalue weighted by Gasteiger charge is 2.28. The van der Waals surface area contributed by atoms with E-state index in [0.29, 0.717) is 54.0 Å². The molecular weight excluding hydrogens is 438 g/mol. The molecule has 0 unspecified atom stereocenters. The number of carbonyl (C=O) groups is 1. The SMILES string of the molecule is Cc1ccc(-c2nc(CC(=O)Nc3ccc(C)c(S(=O)(=O)N4CCOCC4)c3)cs2)o1. The number of rotatable bonds is 6. The minimum atomic E-state index is -3.65. The van der Waals surface area contributed by atoms with Crippen LogP contribution in [-0.4, -0.2) is 49.9 Å². The van der Waals surface area contributed by atoms with E-state index in [1.54, 1.807) is 19.1 Å². The number of benzene rings is 1. The molecule has 1 aliphatic rings. The largest absolute Gasteiger partial charge is 0.459 e. The van der Waals surface area contributed by atoms with E-state index in [9.17, 15) is 13.2 Å². The minimum Gasteiger partial charge on any atom is -0.459 e. The van der Waals surface area contributed by atoms with E-state index in [0.717, 1.165) is 5.76 Å². The van der Waals surface area contributed by atoms with Gasteiger partial charge in [-0.05, 0) is 43.7 Å². The number of hydrogen-bond donors (Lipinski definition) is 1. The van der Waals surface area contributed by atoms with E-state index < -0.39 is 10.0 Å². The smallest absolute Gasteiger partial charge is 0.243 e. The van der Waals surface area contributed by atoms with Gasteiger partial charge in [0.15, 0.2) is 10.8 Å². The van der Waals surface area contributed by atoms with Gasteiger partial charge in [0.1, 0.15) is 5.76 Å². The number of thiazole rings is 1. The second kappa shape index (κ2) is 8.91. The Hall–Kier alpha value is -2.53. The zero-order chi connectivity index (χ0) is 22.0. The van der Waals surface area contributed by atoms with Crippen LogP contribution in [0.4, 0.5) is 5.69 Å². The Morgan fingerprint density at radius 3 is 2.68 bits per heavy atom. The van der Waals surface area contributed by atoms with E-state index in [1.807, 2.05) is 24.4 Å². The van der Waals surface area contributed by atoms with Crippen molar-refractivity contribution in [3.05, 3.63) is 52.7 Å². The summed E-state index contributed by atoms with van der Waals surface area (Å²) in [6.45, 7) is 5.00. The maximum absolute atomic E-state index is 13.0. The first kappa shape index (κ1) is 21.7. The molecule has 0 bridgehead atoms. The summed E-state index contributed by atoms with van der Waals surface area (Å²) in [4.78, 5) is 17.2.